The Bertz CT molecular complexity index is 906. The number of ether oxygens (including phenoxy) is 1. The number of hydrogen-bond donors (Lipinski definition) is 2. The number of ketones is 1. The minimum atomic E-state index is -0.994. The maximum absolute atomic E-state index is 12.8. The summed E-state index contributed by atoms with van der Waals surface area (Å²) in [6, 6.07) is 9.56. The molecule has 0 spiro atoms. The van der Waals surface area contributed by atoms with Crippen LogP contribution >= 0.6 is 31.9 Å². The SMILES string of the molecule is CC(=O)c1ccc2c(c1)C(NC(=O)c1cc(Br)cc(Br)c1)C(O)C(C)(C)O2. The third-order valence-corrected chi connectivity index (χ3v) is 5.48. The number of benzene rings is 2. The van der Waals surface area contributed by atoms with E-state index >= 15 is 0 Å². The van der Waals surface area contributed by atoms with Crippen LogP contribution in [0.25, 0.3) is 0 Å². The molecule has 2 unspecified atom stereocenters. The predicted octanol–water partition coefficient (Wildman–Crippen LogP) is 4.42. The molecular weight excluding hydrogens is 478 g/mol. The van der Waals surface area contributed by atoms with E-state index in [1.807, 2.05) is 6.07 Å². The summed E-state index contributed by atoms with van der Waals surface area (Å²) in [6.07, 6.45) is -0.994. The molecule has 1 aliphatic heterocycles. The smallest absolute Gasteiger partial charge is 0.251 e. The molecule has 3 rings (SSSR count). The van der Waals surface area contributed by atoms with Crippen molar-refractivity contribution in [2.75, 3.05) is 0 Å². The number of hydrogen-bond acceptors (Lipinski definition) is 4. The van der Waals surface area contributed by atoms with Gasteiger partial charge in [0.2, 0.25) is 0 Å². The zero-order valence-corrected chi connectivity index (χ0v) is 18.2. The quantitative estimate of drug-likeness (QED) is 0.617. The molecular formula is C20H19Br2NO4. The average Bonchev–Trinajstić information content (AvgIpc) is 2.57. The Hall–Kier alpha value is -1.70. The van der Waals surface area contributed by atoms with Crippen molar-refractivity contribution in [2.24, 2.45) is 0 Å². The maximum atomic E-state index is 12.8. The molecule has 0 saturated carbocycles. The lowest BCUT2D eigenvalue weighted by Crippen LogP contribution is -2.53. The molecule has 142 valence electrons. The molecule has 0 radical (unpaired) electrons. The van der Waals surface area contributed by atoms with Crippen LogP contribution in [0.4, 0.5) is 0 Å². The Morgan fingerprint density at radius 3 is 2.30 bits per heavy atom. The molecule has 2 atom stereocenters. The molecule has 1 aliphatic rings. The second-order valence-corrected chi connectivity index (χ2v) is 8.90. The number of amides is 1. The van der Waals surface area contributed by atoms with Crippen molar-refractivity contribution in [3.63, 3.8) is 0 Å². The van der Waals surface area contributed by atoms with Crippen molar-refractivity contribution in [3.8, 4) is 5.75 Å². The zero-order valence-electron chi connectivity index (χ0n) is 15.0. The zero-order chi connectivity index (χ0) is 19.9. The first-order chi connectivity index (χ1) is 12.6. The van der Waals surface area contributed by atoms with Gasteiger partial charge in [-0.3, -0.25) is 9.59 Å². The number of carbonyl (C=O) groups excluding carboxylic acids is 2. The minimum Gasteiger partial charge on any atom is -0.485 e. The van der Waals surface area contributed by atoms with Crippen molar-refractivity contribution >= 4 is 43.6 Å². The molecule has 0 bridgehead atoms. The molecule has 1 amide bonds. The van der Waals surface area contributed by atoms with Crippen molar-refractivity contribution < 1.29 is 19.4 Å². The molecule has 2 N–H and O–H groups in total. The van der Waals surface area contributed by atoms with Gasteiger partial charge in [0, 0.05) is 25.6 Å². The molecule has 5 nitrogen and oxygen atoms in total. The summed E-state index contributed by atoms with van der Waals surface area (Å²) in [4.78, 5) is 24.6. The second kappa shape index (κ2) is 7.37. The number of halogens is 2. The fourth-order valence-corrected chi connectivity index (χ4v) is 4.38. The highest BCUT2D eigenvalue weighted by molar-refractivity contribution is 9.11. The Labute approximate surface area is 174 Å². The van der Waals surface area contributed by atoms with E-state index in [0.29, 0.717) is 22.4 Å². The van der Waals surface area contributed by atoms with Gasteiger partial charge in [0.15, 0.2) is 5.78 Å². The van der Waals surface area contributed by atoms with Crippen molar-refractivity contribution in [3.05, 3.63) is 62.0 Å². The summed E-state index contributed by atoms with van der Waals surface area (Å²) < 4.78 is 7.41. The molecule has 2 aromatic carbocycles. The number of carbonyl (C=O) groups is 2. The van der Waals surface area contributed by atoms with Gasteiger partial charge in [-0.1, -0.05) is 31.9 Å². The minimum absolute atomic E-state index is 0.0990. The molecule has 0 fully saturated rings. The first kappa shape index (κ1) is 20.0. The van der Waals surface area contributed by atoms with E-state index in [9.17, 15) is 14.7 Å². The van der Waals surface area contributed by atoms with Crippen molar-refractivity contribution in [1.29, 1.82) is 0 Å². The van der Waals surface area contributed by atoms with Gasteiger partial charge in [-0.05, 0) is 57.2 Å². The number of aliphatic hydroxyl groups excluding tert-OH is 1. The first-order valence-electron chi connectivity index (χ1n) is 8.37. The summed E-state index contributed by atoms with van der Waals surface area (Å²) in [5.74, 6) is 0.104. The van der Waals surface area contributed by atoms with Crippen LogP contribution in [0.1, 0.15) is 53.1 Å². The molecule has 27 heavy (non-hydrogen) atoms. The van der Waals surface area contributed by atoms with Gasteiger partial charge in [0.1, 0.15) is 17.5 Å². The molecule has 1 heterocycles. The normalized spacial score (nSPS) is 20.4. The number of aliphatic hydroxyl groups is 1. The Balaban J connectivity index is 2.01. The number of fused-ring (bicyclic) bond motifs is 1. The fraction of sp³-hybridized carbons (Fsp3) is 0.300. The topological polar surface area (TPSA) is 75.6 Å². The van der Waals surface area contributed by atoms with Crippen LogP contribution in [-0.2, 0) is 0 Å². The van der Waals surface area contributed by atoms with Crippen LogP contribution in [0.5, 0.6) is 5.75 Å². The van der Waals surface area contributed by atoms with Crippen LogP contribution in [0.15, 0.2) is 45.3 Å². The molecule has 0 aliphatic carbocycles. The van der Waals surface area contributed by atoms with E-state index in [-0.39, 0.29) is 11.7 Å². The van der Waals surface area contributed by atoms with Gasteiger partial charge in [-0.15, -0.1) is 0 Å². The second-order valence-electron chi connectivity index (χ2n) is 7.07. The van der Waals surface area contributed by atoms with Gasteiger partial charge in [-0.25, -0.2) is 0 Å². The Kier molecular flexibility index (Phi) is 5.47. The molecule has 2 aromatic rings. The van der Waals surface area contributed by atoms with Gasteiger partial charge >= 0.3 is 0 Å². The van der Waals surface area contributed by atoms with Crippen LogP contribution in [-0.4, -0.2) is 28.5 Å². The molecule has 0 saturated heterocycles. The van der Waals surface area contributed by atoms with E-state index in [2.05, 4.69) is 37.2 Å². The fourth-order valence-electron chi connectivity index (χ4n) is 3.08. The Morgan fingerprint density at radius 2 is 1.70 bits per heavy atom. The number of rotatable bonds is 3. The van der Waals surface area contributed by atoms with Gasteiger partial charge < -0.3 is 15.2 Å². The maximum Gasteiger partial charge on any atom is 0.251 e. The van der Waals surface area contributed by atoms with E-state index in [1.54, 1.807) is 44.2 Å². The summed E-state index contributed by atoms with van der Waals surface area (Å²) in [6.45, 7) is 4.99. The first-order valence-corrected chi connectivity index (χ1v) is 9.96. The van der Waals surface area contributed by atoms with E-state index in [0.717, 1.165) is 8.95 Å². The summed E-state index contributed by atoms with van der Waals surface area (Å²) in [5.41, 5.74) is 0.614. The molecule has 7 heteroatoms. The van der Waals surface area contributed by atoms with Crippen molar-refractivity contribution in [1.82, 2.24) is 5.32 Å². The lowest BCUT2D eigenvalue weighted by molar-refractivity contribution is -0.0627. The highest BCUT2D eigenvalue weighted by Crippen LogP contribution is 2.40. The average molecular weight is 497 g/mol. The number of Topliss-reactive ketones (excluding diaryl/α,β-unsaturated/α-hetero) is 1. The van der Waals surface area contributed by atoms with Gasteiger partial charge in [0.25, 0.3) is 5.91 Å². The molecule has 0 aromatic heterocycles. The van der Waals surface area contributed by atoms with E-state index in [1.165, 1.54) is 6.92 Å². The van der Waals surface area contributed by atoms with Gasteiger partial charge in [-0.2, -0.15) is 0 Å². The van der Waals surface area contributed by atoms with Crippen LogP contribution in [0.2, 0.25) is 0 Å². The summed E-state index contributed by atoms with van der Waals surface area (Å²) in [7, 11) is 0. The van der Waals surface area contributed by atoms with Crippen LogP contribution in [0, 0.1) is 0 Å². The monoisotopic (exact) mass is 495 g/mol. The summed E-state index contributed by atoms with van der Waals surface area (Å²) >= 11 is 6.74. The highest BCUT2D eigenvalue weighted by Gasteiger charge is 2.43. The largest absolute Gasteiger partial charge is 0.485 e. The lowest BCUT2D eigenvalue weighted by Gasteiger charge is -2.42. The summed E-state index contributed by atoms with van der Waals surface area (Å²) in [5, 5.41) is 13.7. The van der Waals surface area contributed by atoms with E-state index in [4.69, 9.17) is 4.74 Å². The van der Waals surface area contributed by atoms with Crippen molar-refractivity contribution in [2.45, 2.75) is 38.5 Å². The van der Waals surface area contributed by atoms with E-state index < -0.39 is 17.7 Å². The third-order valence-electron chi connectivity index (χ3n) is 4.56. The standard InChI is InChI=1S/C20H19Br2NO4/c1-10(24)11-4-5-16-15(8-11)17(18(25)20(2,3)27-16)23-19(26)12-6-13(21)9-14(22)7-12/h4-9,17-18,25H,1-3H3,(H,23,26). The third kappa shape index (κ3) is 4.10. The van der Waals surface area contributed by atoms with Crippen LogP contribution < -0.4 is 10.1 Å². The van der Waals surface area contributed by atoms with Crippen LogP contribution in [0.3, 0.4) is 0 Å². The van der Waals surface area contributed by atoms with Gasteiger partial charge in [0.05, 0.1) is 6.04 Å². The Morgan fingerprint density at radius 1 is 1.07 bits per heavy atom. The predicted molar refractivity (Wildman–Crippen MR) is 109 cm³/mol. The highest BCUT2D eigenvalue weighted by atomic mass is 79.9. The lowest BCUT2D eigenvalue weighted by atomic mass is 9.85. The number of nitrogens with one attached hydrogen (secondary N) is 1.